The molecule has 2 aliphatic heterocycles. The fourth-order valence-corrected chi connectivity index (χ4v) is 3.59. The number of rotatable bonds is 5. The number of hydrogen-bond donors (Lipinski definition) is 2. The lowest BCUT2D eigenvalue weighted by Gasteiger charge is -2.22. The molecule has 3 amide bonds. The maximum Gasteiger partial charge on any atom is 0.416 e. The van der Waals surface area contributed by atoms with Gasteiger partial charge in [-0.2, -0.15) is 0 Å². The molecule has 3 rings (SSSR count). The van der Waals surface area contributed by atoms with Gasteiger partial charge in [-0.15, -0.1) is 0 Å². The van der Waals surface area contributed by atoms with Crippen LogP contribution in [0.15, 0.2) is 18.2 Å². The first-order chi connectivity index (χ1) is 13.7. The monoisotopic (exact) mass is 408 g/mol. The van der Waals surface area contributed by atoms with Crippen molar-refractivity contribution in [2.24, 2.45) is 5.92 Å². The normalized spacial score (nSPS) is 23.9. The van der Waals surface area contributed by atoms with Gasteiger partial charge >= 0.3 is 6.09 Å². The van der Waals surface area contributed by atoms with E-state index in [1.165, 1.54) is 29.8 Å². The molecular weight excluding hydrogens is 383 g/mol. The van der Waals surface area contributed by atoms with Gasteiger partial charge in [-0.25, -0.2) is 9.18 Å². The molecule has 0 aromatic heterocycles. The second-order valence-corrected chi connectivity index (χ2v) is 7.43. The minimum Gasteiger partial charge on any atom is -0.423 e. The zero-order chi connectivity index (χ0) is 21.3. The Bertz CT molecular complexity index is 820. The fraction of sp³-hybridized carbons (Fsp3) is 0.526. The number of aliphatic hydroxyl groups excluding tert-OH is 1. The van der Waals surface area contributed by atoms with Crippen molar-refractivity contribution in [2.75, 3.05) is 43.1 Å². The standard InChI is InChI=1S/C19H25FN4O5/c1-11-7-23(8-15(11)21-17(27)10-25)16-5-4-13(6-14(16)20)24-9-18(29-19(24)28)22(3)12(2)26/h4-6,11,15,18,25H,7-10H2,1-3H3,(H,21,27)/t11-,15+,18?/m0/s1. The molecule has 2 fully saturated rings. The average molecular weight is 408 g/mol. The van der Waals surface area contributed by atoms with E-state index in [0.29, 0.717) is 24.5 Å². The molecule has 1 aromatic rings. The number of amides is 3. The summed E-state index contributed by atoms with van der Waals surface area (Å²) >= 11 is 0. The average Bonchev–Trinajstić information content (AvgIpc) is 3.23. The van der Waals surface area contributed by atoms with E-state index < -0.39 is 30.7 Å². The molecule has 0 saturated carbocycles. The van der Waals surface area contributed by atoms with E-state index in [9.17, 15) is 18.8 Å². The summed E-state index contributed by atoms with van der Waals surface area (Å²) in [5.74, 6) is -1.12. The SMILES string of the molecule is CC(=O)N(C)C1CN(c2ccc(N3C[C@H](C)[C@H](NC(=O)CO)C3)c(F)c2)C(=O)O1. The molecule has 0 spiro atoms. The van der Waals surface area contributed by atoms with E-state index in [4.69, 9.17) is 9.84 Å². The third kappa shape index (κ3) is 4.26. The van der Waals surface area contributed by atoms with E-state index in [0.717, 1.165) is 0 Å². The predicted molar refractivity (Wildman–Crippen MR) is 103 cm³/mol. The van der Waals surface area contributed by atoms with Crippen LogP contribution in [0.2, 0.25) is 0 Å². The van der Waals surface area contributed by atoms with Crippen LogP contribution >= 0.6 is 0 Å². The Morgan fingerprint density at radius 1 is 1.34 bits per heavy atom. The highest BCUT2D eigenvalue weighted by Crippen LogP contribution is 2.31. The Morgan fingerprint density at radius 2 is 2.07 bits per heavy atom. The fourth-order valence-electron chi connectivity index (χ4n) is 3.59. The first-order valence-corrected chi connectivity index (χ1v) is 9.37. The number of anilines is 2. The van der Waals surface area contributed by atoms with Gasteiger partial charge in [0, 0.05) is 27.1 Å². The molecule has 29 heavy (non-hydrogen) atoms. The summed E-state index contributed by atoms with van der Waals surface area (Å²) in [6.45, 7) is 3.81. The van der Waals surface area contributed by atoms with Gasteiger partial charge in [0.05, 0.1) is 24.0 Å². The number of nitrogens with one attached hydrogen (secondary N) is 1. The van der Waals surface area contributed by atoms with Crippen LogP contribution in [0.4, 0.5) is 20.6 Å². The van der Waals surface area contributed by atoms with Crippen molar-refractivity contribution in [3.63, 3.8) is 0 Å². The highest BCUT2D eigenvalue weighted by Gasteiger charge is 2.37. The van der Waals surface area contributed by atoms with Crippen molar-refractivity contribution in [1.82, 2.24) is 10.2 Å². The van der Waals surface area contributed by atoms with Gasteiger partial charge in [0.25, 0.3) is 0 Å². The summed E-state index contributed by atoms with van der Waals surface area (Å²) in [5.41, 5.74) is 0.708. The van der Waals surface area contributed by atoms with Crippen LogP contribution in [0.3, 0.4) is 0 Å². The molecule has 9 nitrogen and oxygen atoms in total. The lowest BCUT2D eigenvalue weighted by atomic mass is 10.1. The van der Waals surface area contributed by atoms with Gasteiger partial charge in [0.15, 0.2) is 6.23 Å². The first kappa shape index (κ1) is 20.8. The second-order valence-electron chi connectivity index (χ2n) is 7.43. The van der Waals surface area contributed by atoms with Crippen molar-refractivity contribution >= 4 is 29.3 Å². The number of aliphatic hydroxyl groups is 1. The quantitative estimate of drug-likeness (QED) is 0.737. The van der Waals surface area contributed by atoms with E-state index in [2.05, 4.69) is 5.32 Å². The van der Waals surface area contributed by atoms with E-state index in [1.54, 1.807) is 12.1 Å². The van der Waals surface area contributed by atoms with Crippen LogP contribution < -0.4 is 15.1 Å². The number of cyclic esters (lactones) is 1. The molecule has 2 heterocycles. The smallest absolute Gasteiger partial charge is 0.416 e. The highest BCUT2D eigenvalue weighted by atomic mass is 19.1. The third-order valence-electron chi connectivity index (χ3n) is 5.41. The largest absolute Gasteiger partial charge is 0.423 e. The second kappa shape index (κ2) is 8.24. The Hall–Kier alpha value is -2.88. The Labute approximate surface area is 168 Å². The molecule has 1 aromatic carbocycles. The van der Waals surface area contributed by atoms with E-state index in [-0.39, 0.29) is 24.4 Å². The molecule has 2 aliphatic rings. The van der Waals surface area contributed by atoms with Crippen LogP contribution in [-0.4, -0.2) is 73.5 Å². The first-order valence-electron chi connectivity index (χ1n) is 9.37. The number of halogens is 1. The molecule has 2 saturated heterocycles. The van der Waals surface area contributed by atoms with Crippen LogP contribution in [0, 0.1) is 11.7 Å². The van der Waals surface area contributed by atoms with Gasteiger partial charge in [-0.1, -0.05) is 6.92 Å². The van der Waals surface area contributed by atoms with Crippen molar-refractivity contribution < 1.29 is 28.6 Å². The Balaban J connectivity index is 1.72. The summed E-state index contributed by atoms with van der Waals surface area (Å²) in [6.07, 6.45) is -1.37. The predicted octanol–water partition coefficient (Wildman–Crippen LogP) is 0.520. The molecule has 0 radical (unpaired) electrons. The lowest BCUT2D eigenvalue weighted by Crippen LogP contribution is -2.41. The number of ether oxygens (including phenoxy) is 1. The number of carbonyl (C=O) groups is 3. The van der Waals surface area contributed by atoms with Crippen molar-refractivity contribution in [3.05, 3.63) is 24.0 Å². The minimum absolute atomic E-state index is 0.0843. The maximum atomic E-state index is 14.8. The van der Waals surface area contributed by atoms with Crippen LogP contribution in [-0.2, 0) is 14.3 Å². The topological polar surface area (TPSA) is 102 Å². The zero-order valence-corrected chi connectivity index (χ0v) is 16.6. The molecule has 10 heteroatoms. The summed E-state index contributed by atoms with van der Waals surface area (Å²) in [5, 5.41) is 11.6. The molecular formula is C19H25FN4O5. The maximum absolute atomic E-state index is 14.8. The zero-order valence-electron chi connectivity index (χ0n) is 16.6. The molecule has 158 valence electrons. The van der Waals surface area contributed by atoms with Crippen molar-refractivity contribution in [1.29, 1.82) is 0 Å². The van der Waals surface area contributed by atoms with Gasteiger partial charge in [0.2, 0.25) is 11.8 Å². The number of hydrogen-bond acceptors (Lipinski definition) is 6. The van der Waals surface area contributed by atoms with E-state index >= 15 is 0 Å². The molecule has 1 unspecified atom stereocenters. The van der Waals surface area contributed by atoms with Crippen molar-refractivity contribution in [3.8, 4) is 0 Å². The van der Waals surface area contributed by atoms with Gasteiger partial charge in [-0.3, -0.25) is 14.5 Å². The van der Waals surface area contributed by atoms with Gasteiger partial charge < -0.3 is 25.0 Å². The highest BCUT2D eigenvalue weighted by molar-refractivity contribution is 5.90. The molecule has 0 bridgehead atoms. The number of carbonyl (C=O) groups excluding carboxylic acids is 3. The van der Waals surface area contributed by atoms with Gasteiger partial charge in [0.1, 0.15) is 12.4 Å². The lowest BCUT2D eigenvalue weighted by molar-refractivity contribution is -0.134. The third-order valence-corrected chi connectivity index (χ3v) is 5.41. The van der Waals surface area contributed by atoms with Crippen LogP contribution in [0.5, 0.6) is 0 Å². The summed E-state index contributed by atoms with van der Waals surface area (Å²) in [4.78, 5) is 39.5. The Kier molecular flexibility index (Phi) is 5.92. The van der Waals surface area contributed by atoms with Crippen LogP contribution in [0.1, 0.15) is 13.8 Å². The number of nitrogens with zero attached hydrogens (tertiary/aromatic N) is 3. The number of benzene rings is 1. The summed E-state index contributed by atoms with van der Waals surface area (Å²) in [6, 6.07) is 4.28. The molecule has 2 N–H and O–H groups in total. The molecule has 3 atom stereocenters. The minimum atomic E-state index is -0.724. The van der Waals surface area contributed by atoms with Crippen LogP contribution in [0.25, 0.3) is 0 Å². The number of likely N-dealkylation sites (N-methyl/N-ethyl adjacent to an activating group) is 1. The van der Waals surface area contributed by atoms with E-state index in [1.807, 2.05) is 11.8 Å². The summed E-state index contributed by atoms with van der Waals surface area (Å²) in [7, 11) is 1.54. The molecule has 0 aliphatic carbocycles. The van der Waals surface area contributed by atoms with Crippen molar-refractivity contribution in [2.45, 2.75) is 26.1 Å². The summed E-state index contributed by atoms with van der Waals surface area (Å²) < 4.78 is 20.0. The Morgan fingerprint density at radius 3 is 2.69 bits per heavy atom. The van der Waals surface area contributed by atoms with Gasteiger partial charge in [-0.05, 0) is 24.1 Å².